The van der Waals surface area contributed by atoms with E-state index >= 15 is 0 Å². The Morgan fingerprint density at radius 3 is 2.00 bits per heavy atom. The molecule has 2 aromatic rings. The van der Waals surface area contributed by atoms with E-state index in [1.165, 1.54) is 0 Å². The van der Waals surface area contributed by atoms with Crippen LogP contribution in [0.25, 0.3) is 0 Å². The summed E-state index contributed by atoms with van der Waals surface area (Å²) in [5.41, 5.74) is 1.98. The number of hydrogen-bond acceptors (Lipinski definition) is 2. The van der Waals surface area contributed by atoms with E-state index in [2.05, 4.69) is 0 Å². The van der Waals surface area contributed by atoms with Gasteiger partial charge < -0.3 is 5.11 Å². The van der Waals surface area contributed by atoms with Crippen LogP contribution in [0.2, 0.25) is 0 Å². The number of rotatable bonds is 3. The highest BCUT2D eigenvalue weighted by atomic mass is 35.5. The first-order valence-electron chi connectivity index (χ1n) is 5.21. The molecule has 0 aromatic heterocycles. The lowest BCUT2D eigenvalue weighted by molar-refractivity contribution is 0.108. The Morgan fingerprint density at radius 1 is 0.941 bits per heavy atom. The van der Waals surface area contributed by atoms with E-state index in [9.17, 15) is 9.90 Å². The van der Waals surface area contributed by atoms with Gasteiger partial charge in [-0.05, 0) is 34.9 Å². The predicted molar refractivity (Wildman–Crippen MR) is 67.1 cm³/mol. The second-order valence-electron chi connectivity index (χ2n) is 3.71. The summed E-state index contributed by atoms with van der Waals surface area (Å²) in [6.07, 6.45) is -0.685. The smallest absolute Gasteiger partial charge is 0.252 e. The average Bonchev–Trinajstić information content (AvgIpc) is 2.39. The lowest BCUT2D eigenvalue weighted by Crippen LogP contribution is -1.99. The van der Waals surface area contributed by atoms with E-state index in [0.29, 0.717) is 5.56 Å². The first kappa shape index (κ1) is 11.8. The molecule has 1 atom stereocenters. The van der Waals surface area contributed by atoms with Crippen molar-refractivity contribution in [1.29, 1.82) is 0 Å². The van der Waals surface area contributed by atoms with Gasteiger partial charge in [0.05, 0.1) is 0 Å². The van der Waals surface area contributed by atoms with Crippen LogP contribution in [0.1, 0.15) is 27.6 Å². The normalized spacial score (nSPS) is 12.1. The molecule has 0 aliphatic heterocycles. The minimum atomic E-state index is -0.685. The van der Waals surface area contributed by atoms with Crippen molar-refractivity contribution in [3.05, 3.63) is 71.3 Å². The van der Waals surface area contributed by atoms with Gasteiger partial charge in [0.15, 0.2) is 0 Å². The summed E-state index contributed by atoms with van der Waals surface area (Å²) in [7, 11) is 0. The summed E-state index contributed by atoms with van der Waals surface area (Å²) >= 11 is 5.35. The molecule has 2 rings (SSSR count). The molecule has 1 unspecified atom stereocenters. The fourth-order valence-electron chi connectivity index (χ4n) is 1.62. The first-order valence-corrected chi connectivity index (χ1v) is 5.59. The Balaban J connectivity index is 2.26. The standard InChI is InChI=1S/C14H11ClO2/c15-14(17)12-8-6-11(7-9-12)13(16)10-4-2-1-3-5-10/h1-9,13,16H. The second kappa shape index (κ2) is 5.13. The number of benzene rings is 2. The zero-order valence-electron chi connectivity index (χ0n) is 9.01. The van der Waals surface area contributed by atoms with Crippen molar-refractivity contribution in [3.63, 3.8) is 0 Å². The van der Waals surface area contributed by atoms with E-state index in [1.54, 1.807) is 24.3 Å². The predicted octanol–water partition coefficient (Wildman–Crippen LogP) is 3.15. The van der Waals surface area contributed by atoms with Crippen LogP contribution in [0.5, 0.6) is 0 Å². The Bertz CT molecular complexity index is 506. The van der Waals surface area contributed by atoms with Crippen molar-refractivity contribution >= 4 is 16.8 Å². The van der Waals surface area contributed by atoms with E-state index in [4.69, 9.17) is 11.6 Å². The van der Waals surface area contributed by atoms with Gasteiger partial charge in [0.1, 0.15) is 6.10 Å². The van der Waals surface area contributed by atoms with Gasteiger partial charge in [-0.25, -0.2) is 0 Å². The molecule has 0 spiro atoms. The number of carbonyl (C=O) groups excluding carboxylic acids is 1. The maximum Gasteiger partial charge on any atom is 0.252 e. The lowest BCUT2D eigenvalue weighted by atomic mass is 10.0. The van der Waals surface area contributed by atoms with Gasteiger partial charge in [-0.15, -0.1) is 0 Å². The highest BCUT2D eigenvalue weighted by molar-refractivity contribution is 6.67. The molecule has 0 amide bonds. The van der Waals surface area contributed by atoms with Gasteiger partial charge in [-0.3, -0.25) is 4.79 Å². The summed E-state index contributed by atoms with van der Waals surface area (Å²) in [6.45, 7) is 0. The summed E-state index contributed by atoms with van der Waals surface area (Å²) < 4.78 is 0. The molecule has 0 fully saturated rings. The largest absolute Gasteiger partial charge is 0.384 e. The summed E-state index contributed by atoms with van der Waals surface area (Å²) in [6, 6.07) is 16.0. The number of hydrogen-bond donors (Lipinski definition) is 1. The molecular weight excluding hydrogens is 236 g/mol. The molecule has 17 heavy (non-hydrogen) atoms. The zero-order chi connectivity index (χ0) is 12.3. The highest BCUT2D eigenvalue weighted by Gasteiger charge is 2.10. The Labute approximate surface area is 104 Å². The van der Waals surface area contributed by atoms with Gasteiger partial charge in [0.25, 0.3) is 5.24 Å². The molecule has 2 aromatic carbocycles. The van der Waals surface area contributed by atoms with Gasteiger partial charge >= 0.3 is 0 Å². The topological polar surface area (TPSA) is 37.3 Å². The second-order valence-corrected chi connectivity index (χ2v) is 4.05. The monoisotopic (exact) mass is 246 g/mol. The van der Waals surface area contributed by atoms with Crippen LogP contribution >= 0.6 is 11.6 Å². The minimum Gasteiger partial charge on any atom is -0.384 e. The molecule has 2 nitrogen and oxygen atoms in total. The fourth-order valence-corrected chi connectivity index (χ4v) is 1.75. The molecule has 0 saturated carbocycles. The molecule has 0 aliphatic rings. The molecule has 0 aliphatic carbocycles. The Kier molecular flexibility index (Phi) is 3.57. The molecular formula is C14H11ClO2. The maximum absolute atomic E-state index is 10.9. The van der Waals surface area contributed by atoms with Crippen molar-refractivity contribution in [2.75, 3.05) is 0 Å². The molecule has 3 heteroatoms. The third-order valence-corrected chi connectivity index (χ3v) is 2.79. The molecule has 0 heterocycles. The third-order valence-electron chi connectivity index (χ3n) is 2.57. The molecule has 86 valence electrons. The first-order chi connectivity index (χ1) is 8.18. The van der Waals surface area contributed by atoms with Crippen molar-refractivity contribution in [2.45, 2.75) is 6.10 Å². The van der Waals surface area contributed by atoms with Gasteiger partial charge in [0, 0.05) is 5.56 Å². The summed E-state index contributed by atoms with van der Waals surface area (Å²) in [4.78, 5) is 10.9. The summed E-state index contributed by atoms with van der Waals surface area (Å²) in [5.74, 6) is 0. The Hall–Kier alpha value is -1.64. The van der Waals surface area contributed by atoms with Crippen molar-refractivity contribution < 1.29 is 9.90 Å². The number of aliphatic hydroxyl groups excluding tert-OH is 1. The molecule has 0 radical (unpaired) electrons. The summed E-state index contributed by atoms with van der Waals surface area (Å²) in [5, 5.41) is 9.61. The minimum absolute atomic E-state index is 0.427. The number of aliphatic hydroxyl groups is 1. The number of halogens is 1. The van der Waals surface area contributed by atoms with Crippen LogP contribution in [0.15, 0.2) is 54.6 Å². The van der Waals surface area contributed by atoms with Crippen molar-refractivity contribution in [1.82, 2.24) is 0 Å². The van der Waals surface area contributed by atoms with Crippen LogP contribution in [0.3, 0.4) is 0 Å². The molecule has 1 N–H and O–H groups in total. The maximum atomic E-state index is 10.9. The molecule has 0 saturated heterocycles. The Morgan fingerprint density at radius 2 is 1.47 bits per heavy atom. The van der Waals surface area contributed by atoms with Crippen LogP contribution in [-0.2, 0) is 0 Å². The van der Waals surface area contributed by atoms with Gasteiger partial charge in [-0.2, -0.15) is 0 Å². The van der Waals surface area contributed by atoms with E-state index < -0.39 is 11.3 Å². The van der Waals surface area contributed by atoms with Crippen molar-refractivity contribution in [3.8, 4) is 0 Å². The number of carbonyl (C=O) groups is 1. The van der Waals surface area contributed by atoms with Crippen LogP contribution < -0.4 is 0 Å². The SMILES string of the molecule is O=C(Cl)c1ccc(C(O)c2ccccc2)cc1. The average molecular weight is 247 g/mol. The van der Waals surface area contributed by atoms with Crippen LogP contribution in [-0.4, -0.2) is 10.3 Å². The lowest BCUT2D eigenvalue weighted by Gasteiger charge is -2.11. The van der Waals surface area contributed by atoms with E-state index in [-0.39, 0.29) is 0 Å². The van der Waals surface area contributed by atoms with E-state index in [1.807, 2.05) is 30.3 Å². The van der Waals surface area contributed by atoms with Gasteiger partial charge in [-0.1, -0.05) is 42.5 Å². The molecule has 0 bridgehead atoms. The van der Waals surface area contributed by atoms with E-state index in [0.717, 1.165) is 11.1 Å². The third kappa shape index (κ3) is 2.73. The van der Waals surface area contributed by atoms with Crippen LogP contribution in [0.4, 0.5) is 0 Å². The van der Waals surface area contributed by atoms with Crippen LogP contribution in [0, 0.1) is 0 Å². The van der Waals surface area contributed by atoms with Crippen molar-refractivity contribution in [2.24, 2.45) is 0 Å². The zero-order valence-corrected chi connectivity index (χ0v) is 9.76. The fraction of sp³-hybridized carbons (Fsp3) is 0.0714. The highest BCUT2D eigenvalue weighted by Crippen LogP contribution is 2.22. The quantitative estimate of drug-likeness (QED) is 0.845. The van der Waals surface area contributed by atoms with Gasteiger partial charge in [0.2, 0.25) is 0 Å².